The largest absolute Gasteiger partial charge is 0.355 e. The molecule has 0 aromatic carbocycles. The summed E-state index contributed by atoms with van der Waals surface area (Å²) in [6, 6.07) is 0. The molecule has 1 N–H and O–H groups in total. The molecule has 12 heavy (non-hydrogen) atoms. The van der Waals surface area contributed by atoms with Gasteiger partial charge in [0.15, 0.2) is 0 Å². The molecule has 1 fully saturated rings. The van der Waals surface area contributed by atoms with Crippen LogP contribution in [0.4, 0.5) is 0 Å². The number of likely N-dealkylation sites (N-methyl/N-ethyl adjacent to an activating group) is 1. The van der Waals surface area contributed by atoms with Gasteiger partial charge >= 0.3 is 0 Å². The molecule has 3 heteroatoms. The van der Waals surface area contributed by atoms with E-state index in [0.29, 0.717) is 5.92 Å². The summed E-state index contributed by atoms with van der Waals surface area (Å²) >= 11 is 0. The van der Waals surface area contributed by atoms with Gasteiger partial charge < -0.3 is 10.2 Å². The van der Waals surface area contributed by atoms with E-state index in [-0.39, 0.29) is 5.91 Å². The average Bonchev–Trinajstić information content (AvgIpc) is 2.86. The summed E-state index contributed by atoms with van der Waals surface area (Å²) in [6.07, 6.45) is 2.19. The highest BCUT2D eigenvalue weighted by molar-refractivity contribution is 5.80. The lowest BCUT2D eigenvalue weighted by Crippen LogP contribution is -2.33. The van der Waals surface area contributed by atoms with Crippen molar-refractivity contribution >= 4 is 5.91 Å². The minimum absolute atomic E-state index is 0.250. The van der Waals surface area contributed by atoms with Gasteiger partial charge in [0.25, 0.3) is 0 Å². The van der Waals surface area contributed by atoms with Crippen molar-refractivity contribution in [2.24, 2.45) is 5.92 Å². The van der Waals surface area contributed by atoms with Crippen molar-refractivity contribution in [3.8, 4) is 0 Å². The third-order valence-corrected chi connectivity index (χ3v) is 2.28. The van der Waals surface area contributed by atoms with E-state index >= 15 is 0 Å². The van der Waals surface area contributed by atoms with Gasteiger partial charge in [0.05, 0.1) is 0 Å². The van der Waals surface area contributed by atoms with Gasteiger partial charge in [-0.3, -0.25) is 4.79 Å². The second-order valence-electron chi connectivity index (χ2n) is 3.46. The molecule has 0 bridgehead atoms. The highest BCUT2D eigenvalue weighted by Gasteiger charge is 2.28. The molecule has 1 saturated carbocycles. The summed E-state index contributed by atoms with van der Waals surface area (Å²) in [4.78, 5) is 13.3. The van der Waals surface area contributed by atoms with Crippen molar-refractivity contribution in [2.45, 2.75) is 19.8 Å². The lowest BCUT2D eigenvalue weighted by molar-refractivity contribution is -0.122. The van der Waals surface area contributed by atoms with Crippen LogP contribution in [0.2, 0.25) is 0 Å². The van der Waals surface area contributed by atoms with Crippen molar-refractivity contribution in [1.82, 2.24) is 10.2 Å². The van der Waals surface area contributed by atoms with E-state index in [1.165, 1.54) is 0 Å². The molecule has 0 saturated heterocycles. The van der Waals surface area contributed by atoms with E-state index in [1.807, 2.05) is 0 Å². The standard InChI is InChI=1S/C9H18N2O/c1-3-11(2)7-6-10-9(12)8-4-5-8/h8H,3-7H2,1-2H3,(H,10,12). The number of hydrogen-bond acceptors (Lipinski definition) is 2. The zero-order valence-electron chi connectivity index (χ0n) is 7.97. The van der Waals surface area contributed by atoms with Crippen molar-refractivity contribution in [1.29, 1.82) is 0 Å². The zero-order chi connectivity index (χ0) is 8.97. The lowest BCUT2D eigenvalue weighted by atomic mass is 10.4. The van der Waals surface area contributed by atoms with Crippen LogP contribution in [0.5, 0.6) is 0 Å². The van der Waals surface area contributed by atoms with Crippen molar-refractivity contribution in [2.75, 3.05) is 26.7 Å². The smallest absolute Gasteiger partial charge is 0.223 e. The Morgan fingerprint density at radius 2 is 2.25 bits per heavy atom. The number of amides is 1. The van der Waals surface area contributed by atoms with E-state index in [4.69, 9.17) is 0 Å². The predicted molar refractivity (Wildman–Crippen MR) is 48.9 cm³/mol. The van der Waals surface area contributed by atoms with Gasteiger partial charge in [0.2, 0.25) is 5.91 Å². The Bertz CT molecular complexity index is 155. The Morgan fingerprint density at radius 3 is 2.75 bits per heavy atom. The van der Waals surface area contributed by atoms with E-state index in [1.54, 1.807) is 0 Å². The molecule has 0 aliphatic heterocycles. The fraction of sp³-hybridized carbons (Fsp3) is 0.889. The zero-order valence-corrected chi connectivity index (χ0v) is 7.97. The first-order valence-corrected chi connectivity index (χ1v) is 4.70. The maximum Gasteiger partial charge on any atom is 0.223 e. The second kappa shape index (κ2) is 4.45. The molecular formula is C9H18N2O. The average molecular weight is 170 g/mol. The molecule has 0 atom stereocenters. The van der Waals surface area contributed by atoms with Crippen LogP contribution in [-0.2, 0) is 4.79 Å². The van der Waals surface area contributed by atoms with Crippen LogP contribution in [0, 0.1) is 5.92 Å². The van der Waals surface area contributed by atoms with Crippen LogP contribution in [0.15, 0.2) is 0 Å². The van der Waals surface area contributed by atoms with Gasteiger partial charge in [-0.15, -0.1) is 0 Å². The lowest BCUT2D eigenvalue weighted by Gasteiger charge is -2.13. The number of nitrogens with zero attached hydrogens (tertiary/aromatic N) is 1. The second-order valence-corrected chi connectivity index (χ2v) is 3.46. The molecule has 0 unspecified atom stereocenters. The first-order valence-electron chi connectivity index (χ1n) is 4.70. The Labute approximate surface area is 74.1 Å². The highest BCUT2D eigenvalue weighted by Crippen LogP contribution is 2.28. The fourth-order valence-electron chi connectivity index (χ4n) is 1.02. The molecule has 70 valence electrons. The van der Waals surface area contributed by atoms with E-state index < -0.39 is 0 Å². The predicted octanol–water partition coefficient (Wildman–Crippen LogP) is 0.464. The molecule has 1 aliphatic carbocycles. The summed E-state index contributed by atoms with van der Waals surface area (Å²) in [5.41, 5.74) is 0. The molecule has 0 heterocycles. The van der Waals surface area contributed by atoms with Crippen molar-refractivity contribution in [3.05, 3.63) is 0 Å². The van der Waals surface area contributed by atoms with Crippen LogP contribution >= 0.6 is 0 Å². The SMILES string of the molecule is CCN(C)CCNC(=O)C1CC1. The van der Waals surface area contributed by atoms with Crippen LogP contribution in [-0.4, -0.2) is 37.5 Å². The first kappa shape index (κ1) is 9.52. The van der Waals surface area contributed by atoms with Crippen LogP contribution in [0.1, 0.15) is 19.8 Å². The molecule has 0 spiro atoms. The Morgan fingerprint density at radius 1 is 1.58 bits per heavy atom. The number of carbonyl (C=O) groups is 1. The monoisotopic (exact) mass is 170 g/mol. The van der Waals surface area contributed by atoms with Gasteiger partial charge in [-0.05, 0) is 26.4 Å². The van der Waals surface area contributed by atoms with Gasteiger partial charge in [0, 0.05) is 19.0 Å². The summed E-state index contributed by atoms with van der Waals surface area (Å²) in [7, 11) is 2.06. The quantitative estimate of drug-likeness (QED) is 0.650. The Balaban J connectivity index is 1.97. The molecule has 3 nitrogen and oxygen atoms in total. The number of carbonyl (C=O) groups excluding carboxylic acids is 1. The van der Waals surface area contributed by atoms with E-state index in [0.717, 1.165) is 32.5 Å². The minimum Gasteiger partial charge on any atom is -0.355 e. The van der Waals surface area contributed by atoms with Crippen molar-refractivity contribution in [3.63, 3.8) is 0 Å². The highest BCUT2D eigenvalue weighted by atomic mass is 16.2. The molecule has 1 aliphatic rings. The van der Waals surface area contributed by atoms with Gasteiger partial charge in [0.1, 0.15) is 0 Å². The molecule has 0 aromatic rings. The van der Waals surface area contributed by atoms with Crippen LogP contribution < -0.4 is 5.32 Å². The molecule has 0 radical (unpaired) electrons. The molecular weight excluding hydrogens is 152 g/mol. The number of nitrogens with one attached hydrogen (secondary N) is 1. The molecule has 1 rings (SSSR count). The summed E-state index contributed by atoms with van der Waals surface area (Å²) < 4.78 is 0. The van der Waals surface area contributed by atoms with Gasteiger partial charge in [-0.1, -0.05) is 6.92 Å². The van der Waals surface area contributed by atoms with Crippen molar-refractivity contribution < 1.29 is 4.79 Å². The third-order valence-electron chi connectivity index (χ3n) is 2.28. The molecule has 0 aromatic heterocycles. The number of rotatable bonds is 5. The van der Waals surface area contributed by atoms with E-state index in [9.17, 15) is 4.79 Å². The minimum atomic E-state index is 0.250. The fourth-order valence-corrected chi connectivity index (χ4v) is 1.02. The Hall–Kier alpha value is -0.570. The third kappa shape index (κ3) is 3.22. The van der Waals surface area contributed by atoms with Crippen LogP contribution in [0.25, 0.3) is 0 Å². The van der Waals surface area contributed by atoms with Crippen LogP contribution in [0.3, 0.4) is 0 Å². The summed E-state index contributed by atoms with van der Waals surface area (Å²) in [6.45, 7) is 4.90. The normalized spacial score (nSPS) is 16.6. The van der Waals surface area contributed by atoms with Gasteiger partial charge in [-0.2, -0.15) is 0 Å². The number of hydrogen-bond donors (Lipinski definition) is 1. The first-order chi connectivity index (χ1) is 5.74. The van der Waals surface area contributed by atoms with E-state index in [2.05, 4.69) is 24.2 Å². The maximum absolute atomic E-state index is 11.1. The molecule has 1 amide bonds. The maximum atomic E-state index is 11.1. The Kier molecular flexibility index (Phi) is 3.53. The van der Waals surface area contributed by atoms with Gasteiger partial charge in [-0.25, -0.2) is 0 Å². The summed E-state index contributed by atoms with van der Waals surface area (Å²) in [5, 5.41) is 2.93. The summed E-state index contributed by atoms with van der Waals surface area (Å²) in [5.74, 6) is 0.594. The topological polar surface area (TPSA) is 32.3 Å².